The first-order chi connectivity index (χ1) is 19.6. The molecule has 1 aliphatic rings. The van der Waals surface area contributed by atoms with Crippen molar-refractivity contribution in [3.8, 4) is 16.9 Å². The Morgan fingerprint density at radius 2 is 1.83 bits per heavy atom. The highest BCUT2D eigenvalue weighted by molar-refractivity contribution is 6.30. The topological polar surface area (TPSA) is 91.7 Å². The first-order valence-corrected chi connectivity index (χ1v) is 13.7. The van der Waals surface area contributed by atoms with E-state index in [0.29, 0.717) is 47.3 Å². The maximum Gasteiger partial charge on any atom is 0.416 e. The summed E-state index contributed by atoms with van der Waals surface area (Å²) in [7, 11) is 0. The average Bonchev–Trinajstić information content (AvgIpc) is 2.94. The Morgan fingerprint density at radius 3 is 2.56 bits per heavy atom. The quantitative estimate of drug-likeness (QED) is 0.156. The van der Waals surface area contributed by atoms with Crippen molar-refractivity contribution >= 4 is 28.4 Å². The highest BCUT2D eigenvalue weighted by Gasteiger charge is 2.33. The molecule has 6 nitrogen and oxygen atoms in total. The lowest BCUT2D eigenvalue weighted by Crippen LogP contribution is -2.32. The van der Waals surface area contributed by atoms with E-state index in [1.165, 1.54) is 6.07 Å². The van der Waals surface area contributed by atoms with Crippen LogP contribution in [0.2, 0.25) is 5.02 Å². The van der Waals surface area contributed by atoms with Crippen LogP contribution in [0.1, 0.15) is 58.9 Å². The Kier molecular flexibility index (Phi) is 8.49. The summed E-state index contributed by atoms with van der Waals surface area (Å²) in [5.41, 5.74) is 3.36. The van der Waals surface area contributed by atoms with E-state index < -0.39 is 24.1 Å². The number of aliphatic hydroxyl groups excluding tert-OH is 1. The molecule has 214 valence electrons. The molecule has 0 radical (unpaired) electrons. The number of halogens is 4. The lowest BCUT2D eigenvalue weighted by atomic mass is 9.97. The standard InChI is InChI=1S/C31H28ClF3N2O4/c32-22-10-7-18(8-11-22)24-15-19-5-6-20(16-27(19)36-25(24)3-1-2-4-29(38)39)30(40)37-26-13-14-41-28-17-21(31(33,34)35)9-12-23(26)28/h5-12,15-17,26,29,38-39H,1-4,13-14H2,(H,37,40)/t26-/m0/s1. The van der Waals surface area contributed by atoms with Gasteiger partial charge in [-0.25, -0.2) is 0 Å². The van der Waals surface area contributed by atoms with Crippen LogP contribution in [0.15, 0.2) is 66.7 Å². The van der Waals surface area contributed by atoms with Crippen molar-refractivity contribution in [2.45, 2.75) is 50.6 Å². The SMILES string of the molecule is O=C(N[C@H]1CCOc2cc(C(F)(F)F)ccc21)c1ccc2cc(-c3ccc(Cl)cc3)c(CCCCC(O)O)nc2c1. The lowest BCUT2D eigenvalue weighted by molar-refractivity contribution is -0.137. The maximum absolute atomic E-state index is 13.3. The van der Waals surface area contributed by atoms with E-state index in [0.717, 1.165) is 34.3 Å². The minimum atomic E-state index is -4.49. The molecule has 3 N–H and O–H groups in total. The molecule has 0 saturated carbocycles. The number of nitrogens with zero attached hydrogens (tertiary/aromatic N) is 1. The van der Waals surface area contributed by atoms with Crippen molar-refractivity contribution < 1.29 is 32.9 Å². The zero-order valence-electron chi connectivity index (χ0n) is 21.9. The molecule has 0 saturated heterocycles. The number of hydrogen-bond donors (Lipinski definition) is 3. The molecule has 1 amide bonds. The Labute approximate surface area is 239 Å². The number of ether oxygens (including phenoxy) is 1. The number of nitrogens with one attached hydrogen (secondary N) is 1. The van der Waals surface area contributed by atoms with E-state index in [4.69, 9.17) is 21.3 Å². The van der Waals surface area contributed by atoms with Crippen LogP contribution >= 0.6 is 11.6 Å². The molecule has 3 aromatic carbocycles. The summed E-state index contributed by atoms with van der Waals surface area (Å²) < 4.78 is 44.9. The van der Waals surface area contributed by atoms with Crippen molar-refractivity contribution in [2.24, 2.45) is 0 Å². The Bertz CT molecular complexity index is 1560. The van der Waals surface area contributed by atoms with Gasteiger partial charge >= 0.3 is 6.18 Å². The molecule has 0 spiro atoms. The number of aromatic nitrogens is 1. The summed E-state index contributed by atoms with van der Waals surface area (Å²) in [4.78, 5) is 18.1. The van der Waals surface area contributed by atoms with Crippen molar-refractivity contribution in [1.82, 2.24) is 10.3 Å². The summed E-state index contributed by atoms with van der Waals surface area (Å²) in [6.45, 7) is 0.183. The first kappa shape index (κ1) is 28.9. The van der Waals surface area contributed by atoms with Crippen molar-refractivity contribution in [2.75, 3.05) is 6.61 Å². The fourth-order valence-electron chi connectivity index (χ4n) is 4.99. The molecule has 41 heavy (non-hydrogen) atoms. The second kappa shape index (κ2) is 12.1. The van der Waals surface area contributed by atoms with Gasteiger partial charge in [0.15, 0.2) is 6.29 Å². The number of carbonyl (C=O) groups is 1. The number of aliphatic hydroxyl groups is 2. The highest BCUT2D eigenvalue weighted by Crippen LogP contribution is 2.38. The van der Waals surface area contributed by atoms with Crippen LogP contribution in [0, 0.1) is 0 Å². The number of carbonyl (C=O) groups excluding carboxylic acids is 1. The van der Waals surface area contributed by atoms with E-state index >= 15 is 0 Å². The molecule has 1 aromatic heterocycles. The van der Waals surface area contributed by atoms with Gasteiger partial charge in [0.25, 0.3) is 5.91 Å². The van der Waals surface area contributed by atoms with E-state index in [1.807, 2.05) is 24.3 Å². The summed E-state index contributed by atoms with van der Waals surface area (Å²) in [6.07, 6.45) is -3.26. The maximum atomic E-state index is 13.3. The summed E-state index contributed by atoms with van der Waals surface area (Å²) in [5, 5.41) is 22.8. The minimum absolute atomic E-state index is 0.115. The zero-order chi connectivity index (χ0) is 29.1. The smallest absolute Gasteiger partial charge is 0.416 e. The van der Waals surface area contributed by atoms with Crippen LogP contribution in [-0.2, 0) is 12.6 Å². The van der Waals surface area contributed by atoms with Gasteiger partial charge in [0.2, 0.25) is 0 Å². The average molecular weight is 585 g/mol. The largest absolute Gasteiger partial charge is 0.493 e. The van der Waals surface area contributed by atoms with Gasteiger partial charge in [0.1, 0.15) is 5.75 Å². The molecular formula is C31H28ClF3N2O4. The van der Waals surface area contributed by atoms with Crippen LogP contribution in [0.25, 0.3) is 22.0 Å². The number of aryl methyl sites for hydroxylation is 1. The second-order valence-corrected chi connectivity index (χ2v) is 10.5. The number of amides is 1. The third-order valence-corrected chi connectivity index (χ3v) is 7.38. The molecular weight excluding hydrogens is 557 g/mol. The number of pyridine rings is 1. The number of fused-ring (bicyclic) bond motifs is 2. The molecule has 0 unspecified atom stereocenters. The summed E-state index contributed by atoms with van der Waals surface area (Å²) in [5.74, 6) is -0.253. The highest BCUT2D eigenvalue weighted by atomic mass is 35.5. The lowest BCUT2D eigenvalue weighted by Gasteiger charge is -2.27. The zero-order valence-corrected chi connectivity index (χ0v) is 22.7. The van der Waals surface area contributed by atoms with Gasteiger partial charge < -0.3 is 20.3 Å². The molecule has 5 rings (SSSR count). The molecule has 4 aromatic rings. The second-order valence-electron chi connectivity index (χ2n) is 10.0. The third kappa shape index (κ3) is 6.81. The molecule has 0 bridgehead atoms. The van der Waals surface area contributed by atoms with E-state index in [9.17, 15) is 28.2 Å². The van der Waals surface area contributed by atoms with Gasteiger partial charge in [-0.1, -0.05) is 35.9 Å². The van der Waals surface area contributed by atoms with Gasteiger partial charge in [-0.3, -0.25) is 9.78 Å². The number of rotatable bonds is 8. The number of hydrogen-bond acceptors (Lipinski definition) is 5. The fraction of sp³-hybridized carbons (Fsp3) is 0.290. The third-order valence-electron chi connectivity index (χ3n) is 7.13. The molecule has 10 heteroatoms. The van der Waals surface area contributed by atoms with Crippen LogP contribution in [-0.4, -0.2) is 34.0 Å². The van der Waals surface area contributed by atoms with Gasteiger partial charge in [0, 0.05) is 39.2 Å². The van der Waals surface area contributed by atoms with E-state index in [2.05, 4.69) is 5.32 Å². The molecule has 1 atom stereocenters. The van der Waals surface area contributed by atoms with Gasteiger partial charge in [-0.05, 0) is 73.7 Å². The Hall–Kier alpha value is -3.66. The number of alkyl halides is 3. The molecule has 1 aliphatic heterocycles. The molecule has 0 fully saturated rings. The van der Waals surface area contributed by atoms with Gasteiger partial charge in [0.05, 0.1) is 23.7 Å². The van der Waals surface area contributed by atoms with Crippen molar-refractivity contribution in [3.05, 3.63) is 94.1 Å². The van der Waals surface area contributed by atoms with Gasteiger partial charge in [-0.2, -0.15) is 13.2 Å². The first-order valence-electron chi connectivity index (χ1n) is 13.3. The van der Waals surface area contributed by atoms with Crippen LogP contribution in [0.4, 0.5) is 13.2 Å². The fourth-order valence-corrected chi connectivity index (χ4v) is 5.12. The van der Waals surface area contributed by atoms with E-state index in [-0.39, 0.29) is 24.7 Å². The molecule has 2 heterocycles. The number of unbranched alkanes of at least 4 members (excludes halogenated alkanes) is 1. The van der Waals surface area contributed by atoms with Gasteiger partial charge in [-0.15, -0.1) is 0 Å². The monoisotopic (exact) mass is 584 g/mol. The predicted molar refractivity (Wildman–Crippen MR) is 150 cm³/mol. The summed E-state index contributed by atoms with van der Waals surface area (Å²) >= 11 is 6.08. The Morgan fingerprint density at radius 1 is 1.05 bits per heavy atom. The summed E-state index contributed by atoms with van der Waals surface area (Å²) in [6, 6.07) is 17.5. The van der Waals surface area contributed by atoms with Crippen LogP contribution < -0.4 is 10.1 Å². The van der Waals surface area contributed by atoms with Crippen LogP contribution in [0.3, 0.4) is 0 Å². The normalized spacial score (nSPS) is 15.0. The van der Waals surface area contributed by atoms with Crippen molar-refractivity contribution in [1.29, 1.82) is 0 Å². The van der Waals surface area contributed by atoms with Crippen molar-refractivity contribution in [3.63, 3.8) is 0 Å². The minimum Gasteiger partial charge on any atom is -0.493 e. The predicted octanol–water partition coefficient (Wildman–Crippen LogP) is 6.85. The van der Waals surface area contributed by atoms with E-state index in [1.54, 1.807) is 24.3 Å². The number of benzene rings is 3. The van der Waals surface area contributed by atoms with Crippen LogP contribution in [0.5, 0.6) is 5.75 Å². The Balaban J connectivity index is 1.41. The molecule has 0 aliphatic carbocycles.